The summed E-state index contributed by atoms with van der Waals surface area (Å²) in [5.41, 5.74) is 20.4. The van der Waals surface area contributed by atoms with Gasteiger partial charge in [-0.15, -0.1) is 0 Å². The summed E-state index contributed by atoms with van der Waals surface area (Å²) in [6.45, 7) is 0. The molecule has 358 valence electrons. The van der Waals surface area contributed by atoms with Gasteiger partial charge in [0.15, 0.2) is 0 Å². The molecule has 0 unspecified atom stereocenters. The van der Waals surface area contributed by atoms with Gasteiger partial charge in [0.05, 0.1) is 11.4 Å². The standard InChI is InChI=1S/C74H52N2/c1-7-19-53(20-8-1)59-31-41-65(42-32-59)75(66-43-33-60(34-44-66)54-21-9-2-10-22-54)73-69-49-39-64(58-29-17-6-18-30-58)52-72(69)74(70-50-40-63(51-71(70)73)57-27-15-5-16-28-57)76(67-45-35-61(36-46-67)55-23-11-3-12-24-55)68-47-37-62(38-48-68)56-25-13-4-14-26-56/h1-52H. The smallest absolute Gasteiger partial charge is 0.0620 e. The zero-order valence-corrected chi connectivity index (χ0v) is 41.9. The van der Waals surface area contributed by atoms with Crippen LogP contribution >= 0.6 is 0 Å². The molecule has 0 aromatic heterocycles. The molecule has 13 rings (SSSR count). The van der Waals surface area contributed by atoms with Gasteiger partial charge >= 0.3 is 0 Å². The predicted octanol–water partition coefficient (Wildman–Crippen LogP) is 20.9. The van der Waals surface area contributed by atoms with Crippen LogP contribution in [-0.2, 0) is 0 Å². The van der Waals surface area contributed by atoms with Gasteiger partial charge in [0.2, 0.25) is 0 Å². The Bertz CT molecular complexity index is 3630. The van der Waals surface area contributed by atoms with Crippen molar-refractivity contribution < 1.29 is 0 Å². The maximum absolute atomic E-state index is 2.49. The average molecular weight is 969 g/mol. The molecule has 13 aromatic rings. The van der Waals surface area contributed by atoms with Gasteiger partial charge in [0.1, 0.15) is 0 Å². The first-order valence-corrected chi connectivity index (χ1v) is 26.1. The van der Waals surface area contributed by atoms with Crippen molar-refractivity contribution in [1.29, 1.82) is 0 Å². The molecule has 76 heavy (non-hydrogen) atoms. The number of anilines is 6. The van der Waals surface area contributed by atoms with Crippen molar-refractivity contribution in [3.63, 3.8) is 0 Å². The fourth-order valence-corrected chi connectivity index (χ4v) is 10.8. The van der Waals surface area contributed by atoms with Gasteiger partial charge in [-0.3, -0.25) is 0 Å². The monoisotopic (exact) mass is 968 g/mol. The van der Waals surface area contributed by atoms with E-state index in [1.165, 1.54) is 44.5 Å². The third-order valence-electron chi connectivity index (χ3n) is 14.7. The van der Waals surface area contributed by atoms with E-state index >= 15 is 0 Å². The summed E-state index contributed by atoms with van der Waals surface area (Å²) in [6.07, 6.45) is 0. The second kappa shape index (κ2) is 20.5. The van der Waals surface area contributed by atoms with Gasteiger partial charge < -0.3 is 9.80 Å². The van der Waals surface area contributed by atoms with Crippen LogP contribution in [-0.4, -0.2) is 0 Å². The van der Waals surface area contributed by atoms with E-state index in [-0.39, 0.29) is 0 Å². The Balaban J connectivity index is 1.12. The lowest BCUT2D eigenvalue weighted by atomic mass is 9.91. The van der Waals surface area contributed by atoms with Crippen LogP contribution in [0.2, 0.25) is 0 Å². The molecule has 0 spiro atoms. The Hall–Kier alpha value is -10.0. The highest BCUT2D eigenvalue weighted by Crippen LogP contribution is 2.53. The molecule has 2 heteroatoms. The Morgan fingerprint density at radius 2 is 0.329 bits per heavy atom. The minimum absolute atomic E-state index is 1.06. The zero-order chi connectivity index (χ0) is 50.6. The first-order valence-electron chi connectivity index (χ1n) is 26.1. The summed E-state index contributed by atoms with van der Waals surface area (Å²) in [5.74, 6) is 0. The van der Waals surface area contributed by atoms with E-state index in [4.69, 9.17) is 0 Å². The van der Waals surface area contributed by atoms with Crippen molar-refractivity contribution in [2.24, 2.45) is 0 Å². The van der Waals surface area contributed by atoms with Crippen LogP contribution in [0.4, 0.5) is 34.1 Å². The molecule has 0 radical (unpaired) electrons. The molecule has 0 aliphatic carbocycles. The minimum atomic E-state index is 1.06. The normalized spacial score (nSPS) is 11.2. The third-order valence-corrected chi connectivity index (χ3v) is 14.7. The highest BCUT2D eigenvalue weighted by Gasteiger charge is 2.27. The Labute approximate surface area is 445 Å². The Morgan fingerprint density at radius 3 is 0.553 bits per heavy atom. The first-order chi connectivity index (χ1) is 37.7. The van der Waals surface area contributed by atoms with E-state index < -0.39 is 0 Å². The molecular formula is C74H52N2. The van der Waals surface area contributed by atoms with Crippen molar-refractivity contribution in [2.45, 2.75) is 0 Å². The quantitative estimate of drug-likeness (QED) is 0.0889. The van der Waals surface area contributed by atoms with Gasteiger partial charge in [-0.1, -0.05) is 255 Å². The SMILES string of the molecule is c1ccc(-c2ccc(N(c3ccc(-c4ccccc4)cc3)c3c4ccc(-c5ccccc5)cc4c(N(c4ccc(-c5ccccc5)cc4)c4ccc(-c5ccccc5)cc4)c4ccc(-c5ccccc5)cc34)cc2)cc1. The van der Waals surface area contributed by atoms with Gasteiger partial charge in [-0.25, -0.2) is 0 Å². The summed E-state index contributed by atoms with van der Waals surface area (Å²) in [4.78, 5) is 4.98. The molecule has 0 heterocycles. The lowest BCUT2D eigenvalue weighted by Gasteiger charge is -2.33. The second-order valence-corrected chi connectivity index (χ2v) is 19.3. The molecule has 0 aliphatic rings. The topological polar surface area (TPSA) is 6.48 Å². The third kappa shape index (κ3) is 8.99. The number of hydrogen-bond donors (Lipinski definition) is 0. The number of benzene rings is 13. The van der Waals surface area contributed by atoms with Crippen molar-refractivity contribution in [3.8, 4) is 66.8 Å². The number of nitrogens with zero attached hydrogens (tertiary/aromatic N) is 2. The van der Waals surface area contributed by atoms with Gasteiger partial charge in [0, 0.05) is 44.3 Å². The van der Waals surface area contributed by atoms with E-state index in [2.05, 4.69) is 325 Å². The molecule has 13 aromatic carbocycles. The van der Waals surface area contributed by atoms with Crippen molar-refractivity contribution in [3.05, 3.63) is 315 Å². The Kier molecular flexibility index (Phi) is 12.3. The molecule has 0 N–H and O–H groups in total. The lowest BCUT2D eigenvalue weighted by molar-refractivity contribution is 1.29. The molecule has 2 nitrogen and oxygen atoms in total. The van der Waals surface area contributed by atoms with Crippen LogP contribution in [0.1, 0.15) is 0 Å². The van der Waals surface area contributed by atoms with Crippen LogP contribution in [0, 0.1) is 0 Å². The lowest BCUT2D eigenvalue weighted by Crippen LogP contribution is -2.15. The second-order valence-electron chi connectivity index (χ2n) is 19.3. The Morgan fingerprint density at radius 1 is 0.145 bits per heavy atom. The minimum Gasteiger partial charge on any atom is -0.309 e. The molecule has 0 fully saturated rings. The van der Waals surface area contributed by atoms with E-state index in [0.717, 1.165) is 77.9 Å². The number of rotatable bonds is 12. The molecule has 0 saturated carbocycles. The van der Waals surface area contributed by atoms with E-state index in [9.17, 15) is 0 Å². The summed E-state index contributed by atoms with van der Waals surface area (Å²) in [7, 11) is 0. The molecule has 0 bridgehead atoms. The largest absolute Gasteiger partial charge is 0.309 e. The van der Waals surface area contributed by atoms with Crippen LogP contribution in [0.5, 0.6) is 0 Å². The molecule has 0 aliphatic heterocycles. The molecular weight excluding hydrogens is 917 g/mol. The summed E-state index contributed by atoms with van der Waals surface area (Å²) < 4.78 is 0. The maximum Gasteiger partial charge on any atom is 0.0620 e. The van der Waals surface area contributed by atoms with E-state index in [0.29, 0.717) is 0 Å². The van der Waals surface area contributed by atoms with E-state index in [1.54, 1.807) is 0 Å². The highest BCUT2D eigenvalue weighted by molar-refractivity contribution is 6.24. The fraction of sp³-hybridized carbons (Fsp3) is 0. The van der Waals surface area contributed by atoms with Crippen molar-refractivity contribution in [2.75, 3.05) is 9.80 Å². The van der Waals surface area contributed by atoms with Crippen LogP contribution in [0.25, 0.3) is 88.3 Å². The fourth-order valence-electron chi connectivity index (χ4n) is 10.8. The predicted molar refractivity (Wildman–Crippen MR) is 323 cm³/mol. The van der Waals surface area contributed by atoms with Gasteiger partial charge in [-0.2, -0.15) is 0 Å². The molecule has 0 saturated heterocycles. The number of hydrogen-bond acceptors (Lipinski definition) is 2. The first kappa shape index (κ1) is 45.8. The van der Waals surface area contributed by atoms with Crippen LogP contribution in [0.3, 0.4) is 0 Å². The van der Waals surface area contributed by atoms with Crippen molar-refractivity contribution >= 4 is 55.7 Å². The van der Waals surface area contributed by atoms with Crippen LogP contribution < -0.4 is 9.80 Å². The average Bonchev–Trinajstić information content (AvgIpc) is 3.51. The highest BCUT2D eigenvalue weighted by atomic mass is 15.2. The van der Waals surface area contributed by atoms with Crippen molar-refractivity contribution in [1.82, 2.24) is 0 Å². The number of fused-ring (bicyclic) bond motifs is 2. The summed E-state index contributed by atoms with van der Waals surface area (Å²) in [5, 5.41) is 4.50. The maximum atomic E-state index is 2.49. The van der Waals surface area contributed by atoms with E-state index in [1.807, 2.05) is 0 Å². The van der Waals surface area contributed by atoms with Gasteiger partial charge in [0.25, 0.3) is 0 Å². The summed E-state index contributed by atoms with van der Waals surface area (Å²) in [6, 6.07) is 115. The molecule has 0 atom stereocenters. The zero-order valence-electron chi connectivity index (χ0n) is 41.9. The summed E-state index contributed by atoms with van der Waals surface area (Å²) >= 11 is 0. The van der Waals surface area contributed by atoms with Gasteiger partial charge in [-0.05, 0) is 127 Å². The van der Waals surface area contributed by atoms with Crippen LogP contribution in [0.15, 0.2) is 315 Å². The molecule has 0 amide bonds.